The molecular weight excluding hydrogens is 580 g/mol. The van der Waals surface area contributed by atoms with E-state index in [0.29, 0.717) is 28.7 Å². The van der Waals surface area contributed by atoms with Crippen molar-refractivity contribution in [1.82, 2.24) is 19.9 Å². The normalized spacial score (nSPS) is 20.8. The molecule has 4 atom stereocenters. The minimum Gasteiger partial charge on any atom is -0.464 e. The number of nitrogens with one attached hydrogen (secondary N) is 2. The third-order valence-electron chi connectivity index (χ3n) is 7.33. The Bertz CT molecular complexity index is 1530. The lowest BCUT2D eigenvalue weighted by Crippen LogP contribution is -2.44. The molecule has 0 spiro atoms. The summed E-state index contributed by atoms with van der Waals surface area (Å²) in [6, 6.07) is 7.80. The monoisotopic (exact) mass is 616 g/mol. The standard InChI is InChI=1S/C29H36N4O9S/c1-18(2)14-33(15-21(34)13-32-29(36)42-26-17-41-28-23(26)7-9-39-28)43(37,38)22-5-6-25-24(10-22)20(16-40-25)12-31-27(35)19-4-3-8-30-11-19/h3-6,8,10-11,16,18,21,23,26,28,34H,7,9,12-15,17H2,1-2H3,(H,31,35)(H,32,36)/t21-,23-,26?,28+/m0/s1. The number of nitrogens with zero attached hydrogens (tertiary/aromatic N) is 2. The van der Waals surface area contributed by atoms with E-state index in [-0.39, 0.29) is 61.7 Å². The fourth-order valence-electron chi connectivity index (χ4n) is 5.19. The molecule has 3 N–H and O–H groups in total. The molecule has 0 radical (unpaired) electrons. The molecule has 2 aliphatic heterocycles. The van der Waals surface area contributed by atoms with Gasteiger partial charge in [0.2, 0.25) is 10.0 Å². The second-order valence-electron chi connectivity index (χ2n) is 11.1. The van der Waals surface area contributed by atoms with Gasteiger partial charge in [-0.2, -0.15) is 4.31 Å². The Kier molecular flexibility index (Phi) is 9.62. The predicted molar refractivity (Wildman–Crippen MR) is 153 cm³/mol. The first-order chi connectivity index (χ1) is 20.6. The zero-order valence-corrected chi connectivity index (χ0v) is 24.8. The summed E-state index contributed by atoms with van der Waals surface area (Å²) in [5, 5.41) is 16.6. The van der Waals surface area contributed by atoms with Crippen molar-refractivity contribution in [3.05, 3.63) is 60.1 Å². The van der Waals surface area contributed by atoms with Crippen LogP contribution < -0.4 is 10.6 Å². The van der Waals surface area contributed by atoms with Crippen LogP contribution in [0.2, 0.25) is 0 Å². The first-order valence-corrected chi connectivity index (χ1v) is 15.6. The second-order valence-corrected chi connectivity index (χ2v) is 13.0. The van der Waals surface area contributed by atoms with E-state index < -0.39 is 28.3 Å². The number of carbonyl (C=O) groups is 2. The molecule has 0 bridgehead atoms. The van der Waals surface area contributed by atoms with E-state index in [1.807, 2.05) is 13.8 Å². The number of sulfonamides is 1. The number of aliphatic hydroxyl groups is 1. The van der Waals surface area contributed by atoms with Gasteiger partial charge in [0.1, 0.15) is 11.7 Å². The molecule has 1 unspecified atom stereocenters. The Balaban J connectivity index is 1.23. The van der Waals surface area contributed by atoms with Gasteiger partial charge in [-0.05, 0) is 42.7 Å². The number of aliphatic hydroxyl groups excluding tert-OH is 1. The molecule has 0 aliphatic carbocycles. The van der Waals surface area contributed by atoms with Crippen molar-refractivity contribution < 1.29 is 41.7 Å². The Morgan fingerprint density at radius 1 is 1.19 bits per heavy atom. The van der Waals surface area contributed by atoms with E-state index in [2.05, 4.69) is 15.6 Å². The maximum absolute atomic E-state index is 13.8. The number of fused-ring (bicyclic) bond motifs is 2. The summed E-state index contributed by atoms with van der Waals surface area (Å²) in [6.07, 6.45) is 2.53. The smallest absolute Gasteiger partial charge is 0.407 e. The van der Waals surface area contributed by atoms with E-state index in [4.69, 9.17) is 18.6 Å². The number of amides is 2. The average molecular weight is 617 g/mol. The van der Waals surface area contributed by atoms with E-state index >= 15 is 0 Å². The number of alkyl carbamates (subject to hydrolysis) is 1. The molecule has 0 saturated carbocycles. The molecule has 1 aromatic carbocycles. The van der Waals surface area contributed by atoms with Crippen LogP contribution in [0.5, 0.6) is 0 Å². The van der Waals surface area contributed by atoms with Gasteiger partial charge in [0.25, 0.3) is 5.91 Å². The summed E-state index contributed by atoms with van der Waals surface area (Å²) < 4.78 is 50.7. The van der Waals surface area contributed by atoms with Crippen LogP contribution in [0.25, 0.3) is 11.0 Å². The largest absolute Gasteiger partial charge is 0.464 e. The summed E-state index contributed by atoms with van der Waals surface area (Å²) in [5.41, 5.74) is 1.46. The van der Waals surface area contributed by atoms with Gasteiger partial charge >= 0.3 is 6.09 Å². The van der Waals surface area contributed by atoms with Crippen molar-refractivity contribution in [2.45, 2.75) is 50.2 Å². The SMILES string of the molecule is CC(C)CN(C[C@@H](O)CNC(=O)OC1CO[C@H]2OCC[C@@H]12)S(=O)(=O)c1ccc2occ(CNC(=O)c3cccnc3)c2c1. The van der Waals surface area contributed by atoms with Gasteiger partial charge in [-0.15, -0.1) is 0 Å². The fourth-order valence-corrected chi connectivity index (χ4v) is 6.86. The van der Waals surface area contributed by atoms with Crippen LogP contribution in [0.15, 0.2) is 58.3 Å². The number of pyridine rings is 1. The van der Waals surface area contributed by atoms with Crippen molar-refractivity contribution in [2.75, 3.05) is 32.8 Å². The van der Waals surface area contributed by atoms with Crippen LogP contribution in [0.3, 0.4) is 0 Å². The highest BCUT2D eigenvalue weighted by molar-refractivity contribution is 7.89. The van der Waals surface area contributed by atoms with E-state index in [1.165, 1.54) is 28.9 Å². The van der Waals surface area contributed by atoms with Gasteiger partial charge < -0.3 is 34.4 Å². The zero-order chi connectivity index (χ0) is 30.6. The van der Waals surface area contributed by atoms with Crippen molar-refractivity contribution in [1.29, 1.82) is 0 Å². The summed E-state index contributed by atoms with van der Waals surface area (Å²) in [7, 11) is -4.06. The lowest BCUT2D eigenvalue weighted by Gasteiger charge is -2.26. The van der Waals surface area contributed by atoms with Gasteiger partial charge in [-0.3, -0.25) is 9.78 Å². The second kappa shape index (κ2) is 13.4. The van der Waals surface area contributed by atoms with E-state index in [0.717, 1.165) is 6.42 Å². The highest BCUT2D eigenvalue weighted by Crippen LogP contribution is 2.33. The van der Waals surface area contributed by atoms with Crippen molar-refractivity contribution in [3.8, 4) is 0 Å². The number of rotatable bonds is 12. The minimum absolute atomic E-state index is 0.0102. The van der Waals surface area contributed by atoms with Gasteiger partial charge in [0, 0.05) is 49.5 Å². The Hall–Kier alpha value is -3.56. The van der Waals surface area contributed by atoms with Crippen LogP contribution in [0, 0.1) is 11.8 Å². The maximum atomic E-state index is 13.8. The summed E-state index contributed by atoms with van der Waals surface area (Å²) in [5.74, 6) is -0.387. The minimum atomic E-state index is -4.06. The number of aromatic nitrogens is 1. The Labute approximate surface area is 249 Å². The van der Waals surface area contributed by atoms with Crippen LogP contribution in [-0.4, -0.2) is 86.2 Å². The Morgan fingerprint density at radius 2 is 2.02 bits per heavy atom. The van der Waals surface area contributed by atoms with Crippen LogP contribution >= 0.6 is 0 Å². The fraction of sp³-hybridized carbons (Fsp3) is 0.483. The first-order valence-electron chi connectivity index (χ1n) is 14.2. The van der Waals surface area contributed by atoms with E-state index in [9.17, 15) is 23.1 Å². The predicted octanol–water partition coefficient (Wildman–Crippen LogP) is 2.25. The molecule has 232 valence electrons. The van der Waals surface area contributed by atoms with Crippen LogP contribution in [-0.2, 0) is 30.8 Å². The van der Waals surface area contributed by atoms with Crippen molar-refractivity contribution >= 4 is 33.0 Å². The molecule has 2 saturated heterocycles. The van der Waals surface area contributed by atoms with E-state index in [1.54, 1.807) is 24.4 Å². The zero-order valence-electron chi connectivity index (χ0n) is 24.0. The summed E-state index contributed by atoms with van der Waals surface area (Å²) in [4.78, 5) is 28.8. The number of hydrogen-bond acceptors (Lipinski definition) is 10. The number of carbonyl (C=O) groups excluding carboxylic acids is 2. The topological polar surface area (TPSA) is 170 Å². The van der Waals surface area contributed by atoms with Crippen molar-refractivity contribution in [3.63, 3.8) is 0 Å². The number of ether oxygens (including phenoxy) is 3. The molecular formula is C29H36N4O9S. The van der Waals surface area contributed by atoms with Crippen LogP contribution in [0.1, 0.15) is 36.2 Å². The van der Waals surface area contributed by atoms with Gasteiger partial charge in [-0.1, -0.05) is 13.8 Å². The molecule has 2 aromatic heterocycles. The molecule has 13 nitrogen and oxygen atoms in total. The Morgan fingerprint density at radius 3 is 2.79 bits per heavy atom. The first kappa shape index (κ1) is 30.9. The summed E-state index contributed by atoms with van der Waals surface area (Å²) in [6.45, 7) is 4.34. The molecule has 2 amide bonds. The van der Waals surface area contributed by atoms with Gasteiger partial charge in [-0.25, -0.2) is 13.2 Å². The lowest BCUT2D eigenvalue weighted by atomic mass is 10.0. The lowest BCUT2D eigenvalue weighted by molar-refractivity contribution is -0.0907. The maximum Gasteiger partial charge on any atom is 0.407 e. The number of benzene rings is 1. The molecule has 2 aliphatic rings. The van der Waals surface area contributed by atoms with Crippen LogP contribution in [0.4, 0.5) is 4.79 Å². The van der Waals surface area contributed by atoms with Crippen molar-refractivity contribution in [2.24, 2.45) is 11.8 Å². The average Bonchev–Trinajstić information content (AvgIpc) is 3.72. The third kappa shape index (κ3) is 7.33. The quantitative estimate of drug-likeness (QED) is 0.274. The van der Waals surface area contributed by atoms with Gasteiger partial charge in [0.15, 0.2) is 6.29 Å². The molecule has 3 aromatic rings. The third-order valence-corrected chi connectivity index (χ3v) is 9.16. The molecule has 2 fully saturated rings. The number of furan rings is 1. The molecule has 4 heterocycles. The summed E-state index contributed by atoms with van der Waals surface area (Å²) >= 11 is 0. The highest BCUT2D eigenvalue weighted by atomic mass is 32.2. The molecule has 43 heavy (non-hydrogen) atoms. The van der Waals surface area contributed by atoms with Gasteiger partial charge in [0.05, 0.1) is 42.0 Å². The number of hydrogen-bond donors (Lipinski definition) is 3. The highest BCUT2D eigenvalue weighted by Gasteiger charge is 2.44. The molecule has 5 rings (SSSR count). The molecule has 14 heteroatoms.